The van der Waals surface area contributed by atoms with Gasteiger partial charge in [0.05, 0.1) is 16.8 Å². The average Bonchev–Trinajstić information content (AvgIpc) is 2.91. The van der Waals surface area contributed by atoms with Crippen molar-refractivity contribution >= 4 is 16.9 Å². The predicted octanol–water partition coefficient (Wildman–Crippen LogP) is 1.73. The van der Waals surface area contributed by atoms with E-state index in [4.69, 9.17) is 5.73 Å². The van der Waals surface area contributed by atoms with Crippen molar-refractivity contribution in [2.75, 3.05) is 5.73 Å². The van der Waals surface area contributed by atoms with E-state index in [-0.39, 0.29) is 5.41 Å². The van der Waals surface area contributed by atoms with E-state index in [1.807, 2.05) is 19.1 Å². The molecule has 0 aliphatic carbocycles. The molecule has 104 valence electrons. The van der Waals surface area contributed by atoms with Gasteiger partial charge in [0.1, 0.15) is 5.82 Å². The van der Waals surface area contributed by atoms with Crippen LogP contribution in [0.5, 0.6) is 0 Å². The van der Waals surface area contributed by atoms with Crippen LogP contribution in [-0.2, 0) is 5.41 Å². The molecule has 3 rings (SSSR count). The zero-order valence-corrected chi connectivity index (χ0v) is 12.0. The van der Waals surface area contributed by atoms with Crippen LogP contribution >= 0.6 is 0 Å². The van der Waals surface area contributed by atoms with Crippen LogP contribution in [-0.4, -0.2) is 30.2 Å². The van der Waals surface area contributed by atoms with E-state index < -0.39 is 0 Å². The summed E-state index contributed by atoms with van der Waals surface area (Å²) in [6, 6.07) is 3.76. The summed E-state index contributed by atoms with van der Waals surface area (Å²) < 4.78 is 1.68. The average molecular weight is 271 g/mol. The maximum atomic E-state index is 5.98. The first-order chi connectivity index (χ1) is 9.38. The van der Waals surface area contributed by atoms with E-state index in [0.717, 1.165) is 16.8 Å². The number of aromatic nitrogens is 6. The first-order valence-electron chi connectivity index (χ1n) is 6.41. The third kappa shape index (κ3) is 1.82. The van der Waals surface area contributed by atoms with Crippen LogP contribution in [0.2, 0.25) is 0 Å². The number of nitrogens with one attached hydrogen (secondary N) is 1. The highest BCUT2D eigenvalue weighted by Crippen LogP contribution is 2.32. The van der Waals surface area contributed by atoms with Gasteiger partial charge in [-0.1, -0.05) is 20.8 Å². The highest BCUT2D eigenvalue weighted by atomic mass is 15.4. The number of anilines is 1. The topological polar surface area (TPSA) is 98.3 Å². The Morgan fingerprint density at radius 1 is 1.20 bits per heavy atom. The van der Waals surface area contributed by atoms with Crippen molar-refractivity contribution in [1.82, 2.24) is 30.2 Å². The molecule has 0 aromatic carbocycles. The Balaban J connectivity index is 2.29. The number of hydrogen-bond acceptors (Lipinski definition) is 5. The zero-order chi connectivity index (χ0) is 14.5. The second-order valence-electron chi connectivity index (χ2n) is 5.88. The molecule has 0 aliphatic heterocycles. The Kier molecular flexibility index (Phi) is 2.53. The molecule has 20 heavy (non-hydrogen) atoms. The van der Waals surface area contributed by atoms with Crippen LogP contribution in [0.1, 0.15) is 32.2 Å². The molecule has 3 aromatic rings. The first kappa shape index (κ1) is 12.6. The number of rotatable bonds is 1. The molecule has 0 aliphatic rings. The van der Waals surface area contributed by atoms with E-state index >= 15 is 0 Å². The SMILES string of the molecule is Cc1ccc(-n2nc(C(C)(C)C)c3c(N)[nH]nc32)nn1. The molecule has 7 nitrogen and oxygen atoms in total. The molecular weight excluding hydrogens is 254 g/mol. The minimum Gasteiger partial charge on any atom is -0.383 e. The Morgan fingerprint density at radius 3 is 2.55 bits per heavy atom. The molecule has 0 unspecified atom stereocenters. The molecule has 0 radical (unpaired) electrons. The number of aryl methyl sites for hydroxylation is 1. The van der Waals surface area contributed by atoms with E-state index in [2.05, 4.69) is 46.3 Å². The number of H-pyrrole nitrogens is 1. The monoisotopic (exact) mass is 271 g/mol. The van der Waals surface area contributed by atoms with Gasteiger partial charge in [-0.15, -0.1) is 5.10 Å². The highest BCUT2D eigenvalue weighted by Gasteiger charge is 2.26. The van der Waals surface area contributed by atoms with Crippen molar-refractivity contribution in [2.45, 2.75) is 33.1 Å². The minimum atomic E-state index is -0.139. The molecule has 0 saturated heterocycles. The second-order valence-corrected chi connectivity index (χ2v) is 5.88. The van der Waals surface area contributed by atoms with Crippen LogP contribution in [0.15, 0.2) is 12.1 Å². The van der Waals surface area contributed by atoms with Gasteiger partial charge in [-0.05, 0) is 19.1 Å². The molecule has 0 fully saturated rings. The number of aromatic amines is 1. The van der Waals surface area contributed by atoms with E-state index in [1.165, 1.54) is 0 Å². The fourth-order valence-corrected chi connectivity index (χ4v) is 2.12. The maximum Gasteiger partial charge on any atom is 0.188 e. The fraction of sp³-hybridized carbons (Fsp3) is 0.385. The van der Waals surface area contributed by atoms with Gasteiger partial charge in [0.15, 0.2) is 11.5 Å². The van der Waals surface area contributed by atoms with E-state index in [0.29, 0.717) is 17.3 Å². The fourth-order valence-electron chi connectivity index (χ4n) is 2.12. The van der Waals surface area contributed by atoms with Gasteiger partial charge in [0.25, 0.3) is 0 Å². The lowest BCUT2D eigenvalue weighted by Crippen LogP contribution is -2.14. The van der Waals surface area contributed by atoms with Gasteiger partial charge in [0.2, 0.25) is 0 Å². The van der Waals surface area contributed by atoms with Crippen molar-refractivity contribution in [2.24, 2.45) is 0 Å². The lowest BCUT2D eigenvalue weighted by Gasteiger charge is -2.15. The van der Waals surface area contributed by atoms with Crippen LogP contribution in [0.4, 0.5) is 5.82 Å². The number of hydrogen-bond donors (Lipinski definition) is 2. The molecule has 0 bridgehead atoms. The van der Waals surface area contributed by atoms with Crippen LogP contribution in [0.25, 0.3) is 16.9 Å². The molecule has 7 heteroatoms. The van der Waals surface area contributed by atoms with Gasteiger partial charge in [-0.25, -0.2) is 0 Å². The van der Waals surface area contributed by atoms with Crippen molar-refractivity contribution in [3.05, 3.63) is 23.5 Å². The molecule has 3 N–H and O–H groups in total. The molecule has 0 spiro atoms. The first-order valence-corrected chi connectivity index (χ1v) is 6.41. The number of nitrogens with two attached hydrogens (primary N) is 1. The molecule has 3 heterocycles. The summed E-state index contributed by atoms with van der Waals surface area (Å²) in [5, 5.41) is 20.7. The molecule has 3 aromatic heterocycles. The van der Waals surface area contributed by atoms with Crippen molar-refractivity contribution in [1.29, 1.82) is 0 Å². The van der Waals surface area contributed by atoms with Crippen LogP contribution in [0, 0.1) is 6.92 Å². The van der Waals surface area contributed by atoms with Gasteiger partial charge in [-0.2, -0.15) is 20.0 Å². The number of fused-ring (bicyclic) bond motifs is 1. The standard InChI is InChI=1S/C13H17N7/c1-7-5-6-8(16-15-7)20-12-9(11(14)17-18-12)10(19-20)13(2,3)4/h5-6H,1-4H3,(H3,14,17,18). The van der Waals surface area contributed by atoms with Crippen LogP contribution < -0.4 is 5.73 Å². The molecule has 0 amide bonds. The lowest BCUT2D eigenvalue weighted by molar-refractivity contribution is 0.563. The summed E-state index contributed by atoms with van der Waals surface area (Å²) in [4.78, 5) is 0. The van der Waals surface area contributed by atoms with E-state index in [1.54, 1.807) is 4.68 Å². The Hall–Kier alpha value is -2.44. The molecule has 0 atom stereocenters. The maximum absolute atomic E-state index is 5.98. The molecule has 0 saturated carbocycles. The Morgan fingerprint density at radius 2 is 1.95 bits per heavy atom. The summed E-state index contributed by atoms with van der Waals surface area (Å²) in [6.07, 6.45) is 0. The summed E-state index contributed by atoms with van der Waals surface area (Å²) >= 11 is 0. The van der Waals surface area contributed by atoms with Gasteiger partial charge in [-0.3, -0.25) is 5.10 Å². The zero-order valence-electron chi connectivity index (χ0n) is 12.0. The largest absolute Gasteiger partial charge is 0.383 e. The third-order valence-corrected chi connectivity index (χ3v) is 3.12. The summed E-state index contributed by atoms with van der Waals surface area (Å²) in [6.45, 7) is 8.16. The van der Waals surface area contributed by atoms with E-state index in [9.17, 15) is 0 Å². The Labute approximate surface area is 116 Å². The normalized spacial score (nSPS) is 12.2. The Bertz CT molecular complexity index is 758. The van der Waals surface area contributed by atoms with Crippen molar-refractivity contribution < 1.29 is 0 Å². The van der Waals surface area contributed by atoms with Gasteiger partial charge >= 0.3 is 0 Å². The quantitative estimate of drug-likeness (QED) is 0.702. The summed E-state index contributed by atoms with van der Waals surface area (Å²) in [7, 11) is 0. The minimum absolute atomic E-state index is 0.139. The summed E-state index contributed by atoms with van der Waals surface area (Å²) in [5.41, 5.74) is 8.26. The highest BCUT2D eigenvalue weighted by molar-refractivity contribution is 5.90. The van der Waals surface area contributed by atoms with Crippen molar-refractivity contribution in [3.63, 3.8) is 0 Å². The second kappa shape index (κ2) is 4.03. The van der Waals surface area contributed by atoms with Crippen LogP contribution in [0.3, 0.4) is 0 Å². The molecular formula is C13H17N7. The third-order valence-electron chi connectivity index (χ3n) is 3.12. The van der Waals surface area contributed by atoms with Gasteiger partial charge < -0.3 is 5.73 Å². The summed E-state index contributed by atoms with van der Waals surface area (Å²) in [5.74, 6) is 1.15. The van der Waals surface area contributed by atoms with Gasteiger partial charge in [0, 0.05) is 5.41 Å². The predicted molar refractivity (Wildman–Crippen MR) is 76.7 cm³/mol. The van der Waals surface area contributed by atoms with Crippen molar-refractivity contribution in [3.8, 4) is 5.82 Å². The lowest BCUT2D eigenvalue weighted by atomic mass is 9.91. The smallest absolute Gasteiger partial charge is 0.188 e. The number of nitrogens with zero attached hydrogens (tertiary/aromatic N) is 5. The number of nitrogen functional groups attached to an aromatic ring is 1.